The summed E-state index contributed by atoms with van der Waals surface area (Å²) in [6.45, 7) is 0. The first kappa shape index (κ1) is 12.9. The van der Waals surface area contributed by atoms with Gasteiger partial charge in [0.15, 0.2) is 11.4 Å². The van der Waals surface area contributed by atoms with E-state index < -0.39 is 11.9 Å². The Morgan fingerprint density at radius 2 is 1.85 bits per heavy atom. The highest BCUT2D eigenvalue weighted by Gasteiger charge is 2.15. The third-order valence-electron chi connectivity index (χ3n) is 3.39. The number of aryl methyl sites for hydroxylation is 1. The minimum absolute atomic E-state index is 0.210. The number of fused-ring (bicyclic) bond motifs is 1. The Labute approximate surface area is 116 Å². The van der Waals surface area contributed by atoms with Gasteiger partial charge >= 0.3 is 0 Å². The van der Waals surface area contributed by atoms with E-state index in [1.165, 1.54) is 6.07 Å². The predicted octanol–water partition coefficient (Wildman–Crippen LogP) is 4.24. The average molecular weight is 270 g/mol. The third-order valence-corrected chi connectivity index (χ3v) is 3.39. The normalized spacial score (nSPS) is 12.7. The van der Waals surface area contributed by atoms with Crippen LogP contribution >= 0.6 is 0 Å². The molecular weight excluding hydrogens is 255 g/mol. The summed E-state index contributed by atoms with van der Waals surface area (Å²) in [5, 5.41) is 10.8. The van der Waals surface area contributed by atoms with Gasteiger partial charge in [-0.3, -0.25) is 0 Å². The summed E-state index contributed by atoms with van der Waals surface area (Å²) in [6, 6.07) is 16.4. The molecule has 0 aliphatic heterocycles. The van der Waals surface area contributed by atoms with Crippen molar-refractivity contribution < 1.29 is 13.9 Å². The highest BCUT2D eigenvalue weighted by atomic mass is 19.1. The fourth-order valence-corrected chi connectivity index (χ4v) is 2.30. The number of rotatable bonds is 4. The second-order valence-corrected chi connectivity index (χ2v) is 4.85. The van der Waals surface area contributed by atoms with Crippen molar-refractivity contribution in [2.24, 2.45) is 0 Å². The molecule has 0 saturated carbocycles. The summed E-state index contributed by atoms with van der Waals surface area (Å²) in [7, 11) is 0. The maximum absolute atomic E-state index is 13.5. The summed E-state index contributed by atoms with van der Waals surface area (Å²) in [4.78, 5) is 0. The summed E-state index contributed by atoms with van der Waals surface area (Å²) in [6.07, 6.45) is 0.578. The predicted molar refractivity (Wildman–Crippen MR) is 75.9 cm³/mol. The molecule has 0 saturated heterocycles. The van der Waals surface area contributed by atoms with Crippen LogP contribution in [0.25, 0.3) is 11.0 Å². The van der Waals surface area contributed by atoms with E-state index in [4.69, 9.17) is 4.42 Å². The topological polar surface area (TPSA) is 33.4 Å². The van der Waals surface area contributed by atoms with Gasteiger partial charge < -0.3 is 9.52 Å². The minimum Gasteiger partial charge on any atom is -0.455 e. The highest BCUT2D eigenvalue weighted by molar-refractivity contribution is 5.78. The molecule has 1 atom stereocenters. The number of aliphatic hydroxyl groups is 1. The molecule has 0 aliphatic carbocycles. The molecule has 1 unspecified atom stereocenters. The van der Waals surface area contributed by atoms with Crippen LogP contribution in [0.2, 0.25) is 0 Å². The van der Waals surface area contributed by atoms with Crippen LogP contribution in [0.5, 0.6) is 0 Å². The molecule has 0 radical (unpaired) electrons. The summed E-state index contributed by atoms with van der Waals surface area (Å²) < 4.78 is 19.0. The van der Waals surface area contributed by atoms with Crippen LogP contribution in [0.15, 0.2) is 59.0 Å². The van der Waals surface area contributed by atoms with Gasteiger partial charge in [-0.2, -0.15) is 0 Å². The molecule has 20 heavy (non-hydrogen) atoms. The van der Waals surface area contributed by atoms with Gasteiger partial charge in [0.25, 0.3) is 0 Å². The lowest BCUT2D eigenvalue weighted by Gasteiger charge is -2.07. The fourth-order valence-electron chi connectivity index (χ4n) is 2.30. The second-order valence-electron chi connectivity index (χ2n) is 4.85. The van der Waals surface area contributed by atoms with Gasteiger partial charge in [0.1, 0.15) is 11.9 Å². The molecule has 3 rings (SSSR count). The van der Waals surface area contributed by atoms with Gasteiger partial charge in [-0.05, 0) is 30.5 Å². The van der Waals surface area contributed by atoms with Gasteiger partial charge in [0.2, 0.25) is 0 Å². The van der Waals surface area contributed by atoms with Gasteiger partial charge in [0.05, 0.1) is 0 Å². The van der Waals surface area contributed by atoms with Crippen molar-refractivity contribution in [2.45, 2.75) is 18.9 Å². The van der Waals surface area contributed by atoms with Gasteiger partial charge in [-0.15, -0.1) is 0 Å². The van der Waals surface area contributed by atoms with Crippen LogP contribution in [0.1, 0.15) is 23.8 Å². The molecule has 0 spiro atoms. The Balaban J connectivity index is 1.75. The van der Waals surface area contributed by atoms with Crippen LogP contribution in [-0.4, -0.2) is 5.11 Å². The number of benzene rings is 2. The Bertz CT molecular complexity index is 703. The first-order chi connectivity index (χ1) is 9.74. The Morgan fingerprint density at radius 1 is 1.05 bits per heavy atom. The smallest absolute Gasteiger partial charge is 0.170 e. The maximum Gasteiger partial charge on any atom is 0.170 e. The number of furan rings is 1. The number of para-hydroxylation sites is 1. The number of hydrogen-bond donors (Lipinski definition) is 1. The number of halogens is 1. The lowest BCUT2D eigenvalue weighted by Crippen LogP contribution is -1.98. The molecule has 102 valence electrons. The largest absolute Gasteiger partial charge is 0.455 e. The summed E-state index contributed by atoms with van der Waals surface area (Å²) >= 11 is 0. The van der Waals surface area contributed by atoms with Crippen LogP contribution in [-0.2, 0) is 6.42 Å². The summed E-state index contributed by atoms with van der Waals surface area (Å²) in [5.41, 5.74) is 1.37. The SMILES string of the molecule is OC(CCc1ccccc1)c1cc2cccc(F)c2o1. The molecule has 1 heterocycles. The first-order valence-corrected chi connectivity index (χ1v) is 6.64. The average Bonchev–Trinajstić information content (AvgIpc) is 2.91. The van der Waals surface area contributed by atoms with Crippen LogP contribution < -0.4 is 0 Å². The van der Waals surface area contributed by atoms with E-state index in [9.17, 15) is 9.50 Å². The molecule has 0 fully saturated rings. The van der Waals surface area contributed by atoms with Crippen molar-refractivity contribution in [3.05, 3.63) is 71.7 Å². The van der Waals surface area contributed by atoms with Crippen LogP contribution in [0.4, 0.5) is 4.39 Å². The van der Waals surface area contributed by atoms with Crippen molar-refractivity contribution in [1.29, 1.82) is 0 Å². The lowest BCUT2D eigenvalue weighted by atomic mass is 10.1. The molecule has 2 nitrogen and oxygen atoms in total. The molecule has 2 aromatic carbocycles. The quantitative estimate of drug-likeness (QED) is 0.769. The molecular formula is C17H15FO2. The molecule has 1 aromatic heterocycles. The van der Waals surface area contributed by atoms with E-state index in [0.29, 0.717) is 17.6 Å². The van der Waals surface area contributed by atoms with Crippen molar-refractivity contribution in [3.8, 4) is 0 Å². The third kappa shape index (κ3) is 2.58. The highest BCUT2D eigenvalue weighted by Crippen LogP contribution is 2.28. The Kier molecular flexibility index (Phi) is 3.52. The first-order valence-electron chi connectivity index (χ1n) is 6.64. The number of hydrogen-bond acceptors (Lipinski definition) is 2. The van der Waals surface area contributed by atoms with E-state index in [-0.39, 0.29) is 5.58 Å². The maximum atomic E-state index is 13.5. The molecule has 0 amide bonds. The summed E-state index contributed by atoms with van der Waals surface area (Å²) in [5.74, 6) is 0.0186. The zero-order valence-corrected chi connectivity index (χ0v) is 10.9. The zero-order valence-electron chi connectivity index (χ0n) is 10.9. The zero-order chi connectivity index (χ0) is 13.9. The van der Waals surface area contributed by atoms with E-state index >= 15 is 0 Å². The van der Waals surface area contributed by atoms with Crippen LogP contribution in [0, 0.1) is 5.82 Å². The van der Waals surface area contributed by atoms with Gasteiger partial charge in [0, 0.05) is 5.39 Å². The minimum atomic E-state index is -0.720. The second kappa shape index (κ2) is 5.47. The van der Waals surface area contributed by atoms with Crippen molar-refractivity contribution >= 4 is 11.0 Å². The molecule has 0 bridgehead atoms. The lowest BCUT2D eigenvalue weighted by molar-refractivity contribution is 0.142. The van der Waals surface area contributed by atoms with Gasteiger partial charge in [-0.25, -0.2) is 4.39 Å². The standard InChI is InChI=1S/C17H15FO2/c18-14-8-4-7-13-11-16(20-17(13)14)15(19)10-9-12-5-2-1-3-6-12/h1-8,11,15,19H,9-10H2. The van der Waals surface area contributed by atoms with Crippen molar-refractivity contribution in [1.82, 2.24) is 0 Å². The van der Waals surface area contributed by atoms with Crippen molar-refractivity contribution in [3.63, 3.8) is 0 Å². The molecule has 0 aliphatic rings. The molecule has 3 aromatic rings. The van der Waals surface area contributed by atoms with E-state index in [1.807, 2.05) is 30.3 Å². The Morgan fingerprint density at radius 3 is 2.60 bits per heavy atom. The fraction of sp³-hybridized carbons (Fsp3) is 0.176. The molecule has 1 N–H and O–H groups in total. The van der Waals surface area contributed by atoms with E-state index in [2.05, 4.69) is 0 Å². The number of aliphatic hydroxyl groups excluding tert-OH is 1. The Hall–Kier alpha value is -2.13. The van der Waals surface area contributed by atoms with Crippen molar-refractivity contribution in [2.75, 3.05) is 0 Å². The van der Waals surface area contributed by atoms with E-state index in [1.54, 1.807) is 18.2 Å². The van der Waals surface area contributed by atoms with Crippen LogP contribution in [0.3, 0.4) is 0 Å². The molecule has 3 heteroatoms. The van der Waals surface area contributed by atoms with E-state index in [0.717, 1.165) is 12.0 Å². The van der Waals surface area contributed by atoms with Gasteiger partial charge in [-0.1, -0.05) is 42.5 Å². The monoisotopic (exact) mass is 270 g/mol.